The molecule has 0 saturated carbocycles. The number of halogens is 1. The molecular weight excluding hydrogens is 272 g/mol. The first kappa shape index (κ1) is 11.4. The van der Waals surface area contributed by atoms with Crippen LogP contribution in [-0.2, 0) is 0 Å². The highest BCUT2D eigenvalue weighted by molar-refractivity contribution is 6.31. The highest BCUT2D eigenvalue weighted by atomic mass is 35.5. The minimum Gasteiger partial charge on any atom is -0.438 e. The van der Waals surface area contributed by atoms with Crippen LogP contribution in [0.25, 0.3) is 22.4 Å². The predicted molar refractivity (Wildman–Crippen MR) is 78.0 cm³/mol. The number of hydrogen-bond donors (Lipinski definition) is 0. The smallest absolute Gasteiger partial charge is 0.228 e. The quantitative estimate of drug-likeness (QED) is 0.473. The molecule has 0 fully saturated rings. The van der Waals surface area contributed by atoms with Crippen molar-refractivity contribution >= 4 is 11.6 Å². The van der Waals surface area contributed by atoms with Gasteiger partial charge in [0.05, 0.1) is 11.3 Å². The van der Waals surface area contributed by atoms with Crippen molar-refractivity contribution in [3.8, 4) is 34.0 Å². The fourth-order valence-electron chi connectivity index (χ4n) is 2.40. The van der Waals surface area contributed by atoms with Crippen molar-refractivity contribution in [2.75, 3.05) is 0 Å². The second-order valence-corrected chi connectivity index (χ2v) is 4.93. The Hall–Kier alpha value is -2.39. The van der Waals surface area contributed by atoms with Crippen molar-refractivity contribution in [3.63, 3.8) is 0 Å². The lowest BCUT2D eigenvalue weighted by Gasteiger charge is -2.07. The second-order valence-electron chi connectivity index (χ2n) is 4.50. The van der Waals surface area contributed by atoms with Gasteiger partial charge < -0.3 is 4.74 Å². The average Bonchev–Trinajstić information content (AvgIpc) is 2.62. The Morgan fingerprint density at radius 1 is 0.850 bits per heavy atom. The topological polar surface area (TPSA) is 35.0 Å². The van der Waals surface area contributed by atoms with Gasteiger partial charge in [-0.1, -0.05) is 17.7 Å². The zero-order valence-electron chi connectivity index (χ0n) is 10.4. The number of aromatic nitrogens is 2. The molecule has 3 nitrogen and oxygen atoms in total. The van der Waals surface area contributed by atoms with Crippen LogP contribution in [0.5, 0.6) is 11.6 Å². The maximum Gasteiger partial charge on any atom is 0.228 e. The van der Waals surface area contributed by atoms with E-state index in [1.807, 2.05) is 42.5 Å². The van der Waals surface area contributed by atoms with Crippen LogP contribution in [-0.4, -0.2) is 9.97 Å². The molecule has 0 atom stereocenters. The summed E-state index contributed by atoms with van der Waals surface area (Å²) < 4.78 is 5.93. The van der Waals surface area contributed by atoms with E-state index in [0.717, 1.165) is 28.1 Å². The molecule has 20 heavy (non-hydrogen) atoms. The van der Waals surface area contributed by atoms with E-state index >= 15 is 0 Å². The van der Waals surface area contributed by atoms with Gasteiger partial charge in [-0.15, -0.1) is 0 Å². The molecule has 4 heteroatoms. The molecule has 0 aliphatic carbocycles. The van der Waals surface area contributed by atoms with E-state index < -0.39 is 0 Å². The van der Waals surface area contributed by atoms with Crippen molar-refractivity contribution in [1.29, 1.82) is 0 Å². The fraction of sp³-hybridized carbons (Fsp3) is 0. The van der Waals surface area contributed by atoms with Crippen molar-refractivity contribution < 1.29 is 4.74 Å². The molecule has 0 amide bonds. The van der Waals surface area contributed by atoms with E-state index in [1.54, 1.807) is 12.4 Å². The molecule has 0 unspecified atom stereocenters. The lowest BCUT2D eigenvalue weighted by atomic mass is 10.0. The first-order valence-electron chi connectivity index (χ1n) is 6.21. The molecule has 3 heterocycles. The molecule has 0 bridgehead atoms. The third-order valence-corrected chi connectivity index (χ3v) is 3.51. The molecule has 0 N–H and O–H groups in total. The molecule has 2 aromatic heterocycles. The van der Waals surface area contributed by atoms with Crippen molar-refractivity contribution in [3.05, 3.63) is 59.9 Å². The standard InChI is InChI=1S/C16H9ClN2O/c17-10-5-6-14-13(9-10)11-3-1-7-18-15(11)12-4-2-8-19-16(12)20-14/h1-9H. The zero-order valence-corrected chi connectivity index (χ0v) is 11.1. The van der Waals surface area contributed by atoms with Crippen LogP contribution < -0.4 is 4.74 Å². The summed E-state index contributed by atoms with van der Waals surface area (Å²) in [7, 11) is 0. The number of benzene rings is 1. The van der Waals surface area contributed by atoms with E-state index in [9.17, 15) is 0 Å². The van der Waals surface area contributed by atoms with Crippen molar-refractivity contribution in [2.24, 2.45) is 0 Å². The first-order valence-corrected chi connectivity index (χ1v) is 6.59. The SMILES string of the molecule is Clc1ccc2c(c1)-c1cccnc1-c1cccnc1O2. The monoisotopic (exact) mass is 280 g/mol. The normalized spacial score (nSPS) is 11.7. The van der Waals surface area contributed by atoms with Crippen LogP contribution in [0.4, 0.5) is 0 Å². The maximum atomic E-state index is 6.12. The highest BCUT2D eigenvalue weighted by Crippen LogP contribution is 2.45. The Morgan fingerprint density at radius 3 is 2.55 bits per heavy atom. The average molecular weight is 281 g/mol. The molecule has 0 saturated heterocycles. The number of fused-ring (bicyclic) bond motifs is 5. The largest absolute Gasteiger partial charge is 0.438 e. The summed E-state index contributed by atoms with van der Waals surface area (Å²) in [5.74, 6) is 1.30. The molecule has 1 aliphatic heterocycles. The molecule has 3 aromatic rings. The van der Waals surface area contributed by atoms with Gasteiger partial charge in [0.2, 0.25) is 5.88 Å². The minimum atomic E-state index is 0.563. The molecular formula is C16H9ClN2O. The molecule has 1 aromatic carbocycles. The first-order chi connectivity index (χ1) is 9.83. The molecule has 0 radical (unpaired) electrons. The Bertz CT molecular complexity index is 817. The van der Waals surface area contributed by atoms with E-state index in [1.165, 1.54) is 0 Å². The maximum absolute atomic E-state index is 6.12. The van der Waals surface area contributed by atoms with Gasteiger partial charge in [-0.05, 0) is 36.4 Å². The van der Waals surface area contributed by atoms with Crippen LogP contribution >= 0.6 is 11.6 Å². The summed E-state index contributed by atoms with van der Waals surface area (Å²) >= 11 is 6.12. The zero-order chi connectivity index (χ0) is 13.5. The van der Waals surface area contributed by atoms with Crippen LogP contribution in [0.15, 0.2) is 54.9 Å². The van der Waals surface area contributed by atoms with Gasteiger partial charge in [0, 0.05) is 28.5 Å². The molecule has 96 valence electrons. The fourth-order valence-corrected chi connectivity index (χ4v) is 2.57. The summed E-state index contributed by atoms with van der Waals surface area (Å²) in [6, 6.07) is 13.3. The van der Waals surface area contributed by atoms with Crippen LogP contribution in [0.3, 0.4) is 0 Å². The summed E-state index contributed by atoms with van der Waals surface area (Å²) in [6.45, 7) is 0. The Morgan fingerprint density at radius 2 is 1.65 bits per heavy atom. The molecule has 4 rings (SSSR count). The van der Waals surface area contributed by atoms with E-state index in [-0.39, 0.29) is 0 Å². The van der Waals surface area contributed by atoms with Gasteiger partial charge >= 0.3 is 0 Å². The van der Waals surface area contributed by atoms with Crippen molar-refractivity contribution in [1.82, 2.24) is 9.97 Å². The van der Waals surface area contributed by atoms with E-state index in [4.69, 9.17) is 16.3 Å². The second kappa shape index (κ2) is 4.32. The summed E-state index contributed by atoms with van der Waals surface area (Å²) in [5, 5.41) is 0.668. The number of nitrogens with zero attached hydrogens (tertiary/aromatic N) is 2. The van der Waals surface area contributed by atoms with E-state index in [0.29, 0.717) is 10.9 Å². The number of pyridine rings is 2. The van der Waals surface area contributed by atoms with Crippen LogP contribution in [0, 0.1) is 0 Å². The van der Waals surface area contributed by atoms with Gasteiger partial charge in [-0.25, -0.2) is 4.98 Å². The highest BCUT2D eigenvalue weighted by Gasteiger charge is 2.22. The number of rotatable bonds is 0. The van der Waals surface area contributed by atoms with Crippen LogP contribution in [0.2, 0.25) is 5.02 Å². The van der Waals surface area contributed by atoms with Gasteiger partial charge in [0.1, 0.15) is 5.75 Å². The summed E-state index contributed by atoms with van der Waals surface area (Å²) in [6.07, 6.45) is 3.48. The van der Waals surface area contributed by atoms with Gasteiger partial charge in [0.15, 0.2) is 0 Å². The lowest BCUT2D eigenvalue weighted by Crippen LogP contribution is -1.89. The Labute approximate surface area is 120 Å². The predicted octanol–water partition coefficient (Wildman–Crippen LogP) is 4.57. The Balaban J connectivity index is 2.12. The molecule has 1 aliphatic rings. The summed E-state index contributed by atoms with van der Waals surface area (Å²) in [4.78, 5) is 8.79. The van der Waals surface area contributed by atoms with Gasteiger partial charge in [-0.3, -0.25) is 4.98 Å². The van der Waals surface area contributed by atoms with Crippen molar-refractivity contribution in [2.45, 2.75) is 0 Å². The van der Waals surface area contributed by atoms with Crippen LogP contribution in [0.1, 0.15) is 0 Å². The van der Waals surface area contributed by atoms with E-state index in [2.05, 4.69) is 9.97 Å². The number of hydrogen-bond acceptors (Lipinski definition) is 3. The lowest BCUT2D eigenvalue weighted by molar-refractivity contribution is 0.468. The van der Waals surface area contributed by atoms with Gasteiger partial charge in [-0.2, -0.15) is 0 Å². The third-order valence-electron chi connectivity index (χ3n) is 3.27. The molecule has 0 spiro atoms. The summed E-state index contributed by atoms with van der Waals surface area (Å²) in [5.41, 5.74) is 3.67. The minimum absolute atomic E-state index is 0.563. The third kappa shape index (κ3) is 1.67. The Kier molecular flexibility index (Phi) is 2.47. The number of ether oxygens (including phenoxy) is 1. The van der Waals surface area contributed by atoms with Gasteiger partial charge in [0.25, 0.3) is 0 Å².